The van der Waals surface area contributed by atoms with Gasteiger partial charge >= 0.3 is 0 Å². The number of aryl methyl sites for hydroxylation is 1. The first-order valence-electron chi connectivity index (χ1n) is 6.64. The lowest BCUT2D eigenvalue weighted by Crippen LogP contribution is -2.44. The van der Waals surface area contributed by atoms with Crippen LogP contribution >= 0.6 is 0 Å². The van der Waals surface area contributed by atoms with Gasteiger partial charge in [0.15, 0.2) is 0 Å². The summed E-state index contributed by atoms with van der Waals surface area (Å²) in [7, 11) is 0. The molecular formula is C13H20N4. The fourth-order valence-corrected chi connectivity index (χ4v) is 3.14. The summed E-state index contributed by atoms with van der Waals surface area (Å²) in [6.07, 6.45) is 7.07. The first-order valence-corrected chi connectivity index (χ1v) is 6.64. The Hall–Kier alpha value is -1.16. The fraction of sp³-hybridized carbons (Fsp3) is 0.692. The molecule has 0 radical (unpaired) electrons. The van der Waals surface area contributed by atoms with Crippen molar-refractivity contribution in [2.75, 3.05) is 18.0 Å². The first kappa shape index (κ1) is 11.0. The zero-order chi connectivity index (χ0) is 11.7. The lowest BCUT2D eigenvalue weighted by Gasteiger charge is -2.30. The molecule has 2 atom stereocenters. The van der Waals surface area contributed by atoms with E-state index in [1.165, 1.54) is 32.2 Å². The summed E-state index contributed by atoms with van der Waals surface area (Å²) < 4.78 is 0. The Morgan fingerprint density at radius 3 is 3.06 bits per heavy atom. The van der Waals surface area contributed by atoms with Gasteiger partial charge in [-0.25, -0.2) is 9.97 Å². The Morgan fingerprint density at radius 2 is 2.29 bits per heavy atom. The Morgan fingerprint density at radius 1 is 1.35 bits per heavy atom. The number of nitrogens with zero attached hydrogens (tertiary/aromatic N) is 3. The topological polar surface area (TPSA) is 41.1 Å². The summed E-state index contributed by atoms with van der Waals surface area (Å²) >= 11 is 0. The third-order valence-corrected chi connectivity index (χ3v) is 3.92. The molecule has 0 aliphatic carbocycles. The van der Waals surface area contributed by atoms with E-state index in [0.717, 1.165) is 18.2 Å². The number of anilines is 1. The lowest BCUT2D eigenvalue weighted by molar-refractivity contribution is 0.480. The molecule has 0 spiro atoms. The molecule has 17 heavy (non-hydrogen) atoms. The zero-order valence-electron chi connectivity index (χ0n) is 10.4. The maximum absolute atomic E-state index is 4.56. The van der Waals surface area contributed by atoms with Crippen molar-refractivity contribution in [2.24, 2.45) is 0 Å². The highest BCUT2D eigenvalue weighted by molar-refractivity contribution is 5.41. The molecule has 2 aliphatic rings. The van der Waals surface area contributed by atoms with Crippen LogP contribution in [0.5, 0.6) is 0 Å². The van der Waals surface area contributed by atoms with Crippen molar-refractivity contribution >= 4 is 5.82 Å². The maximum atomic E-state index is 4.56. The van der Waals surface area contributed by atoms with Gasteiger partial charge in [0.1, 0.15) is 11.6 Å². The van der Waals surface area contributed by atoms with Crippen LogP contribution in [0.25, 0.3) is 0 Å². The second-order valence-electron chi connectivity index (χ2n) is 5.07. The van der Waals surface area contributed by atoms with Crippen LogP contribution in [0.3, 0.4) is 0 Å². The lowest BCUT2D eigenvalue weighted by atomic mass is 10.0. The van der Waals surface area contributed by atoms with Crippen LogP contribution in [-0.2, 0) is 0 Å². The molecule has 92 valence electrons. The predicted molar refractivity (Wildman–Crippen MR) is 68.2 cm³/mol. The molecule has 1 aromatic rings. The minimum Gasteiger partial charge on any atom is -0.352 e. The van der Waals surface area contributed by atoms with Crippen LogP contribution in [0.1, 0.15) is 31.5 Å². The minimum atomic E-state index is 0.631. The van der Waals surface area contributed by atoms with Crippen LogP contribution < -0.4 is 10.2 Å². The normalized spacial score (nSPS) is 28.9. The highest BCUT2D eigenvalue weighted by Crippen LogP contribution is 2.28. The number of hydrogen-bond donors (Lipinski definition) is 1. The molecule has 2 aliphatic heterocycles. The quantitative estimate of drug-likeness (QED) is 0.839. The summed E-state index contributed by atoms with van der Waals surface area (Å²) in [5.41, 5.74) is 0. The molecule has 2 unspecified atom stereocenters. The van der Waals surface area contributed by atoms with E-state index in [1.807, 2.05) is 19.2 Å². The summed E-state index contributed by atoms with van der Waals surface area (Å²) in [6, 6.07) is 3.33. The number of nitrogens with one attached hydrogen (secondary N) is 1. The van der Waals surface area contributed by atoms with Gasteiger partial charge in [-0.3, -0.25) is 0 Å². The van der Waals surface area contributed by atoms with E-state index in [9.17, 15) is 0 Å². The van der Waals surface area contributed by atoms with Gasteiger partial charge in [0.2, 0.25) is 0 Å². The molecule has 1 N–H and O–H groups in total. The third kappa shape index (κ3) is 2.14. The Labute approximate surface area is 102 Å². The van der Waals surface area contributed by atoms with Crippen molar-refractivity contribution in [3.63, 3.8) is 0 Å². The molecule has 0 aromatic carbocycles. The van der Waals surface area contributed by atoms with Crippen molar-refractivity contribution in [1.29, 1.82) is 0 Å². The van der Waals surface area contributed by atoms with Gasteiger partial charge in [0.25, 0.3) is 0 Å². The molecule has 3 rings (SSSR count). The average molecular weight is 232 g/mol. The zero-order valence-corrected chi connectivity index (χ0v) is 10.4. The van der Waals surface area contributed by atoms with E-state index in [-0.39, 0.29) is 0 Å². The van der Waals surface area contributed by atoms with Crippen LogP contribution in [0.15, 0.2) is 12.3 Å². The SMILES string of the molecule is Cc1nccc(N2CCCC2C2CCCN2)n1. The van der Waals surface area contributed by atoms with Gasteiger partial charge in [0, 0.05) is 24.8 Å². The van der Waals surface area contributed by atoms with Gasteiger partial charge in [-0.1, -0.05) is 0 Å². The molecule has 1 aromatic heterocycles. The van der Waals surface area contributed by atoms with E-state index < -0.39 is 0 Å². The first-order chi connectivity index (χ1) is 8.34. The molecule has 4 heteroatoms. The molecule has 2 fully saturated rings. The average Bonchev–Trinajstić information content (AvgIpc) is 3.00. The van der Waals surface area contributed by atoms with Crippen molar-refractivity contribution < 1.29 is 0 Å². The summed E-state index contributed by atoms with van der Waals surface area (Å²) in [5, 5.41) is 3.63. The number of aromatic nitrogens is 2. The number of hydrogen-bond acceptors (Lipinski definition) is 4. The fourth-order valence-electron chi connectivity index (χ4n) is 3.14. The van der Waals surface area contributed by atoms with E-state index in [4.69, 9.17) is 0 Å². The summed E-state index contributed by atoms with van der Waals surface area (Å²) in [6.45, 7) is 4.28. The Kier molecular flexibility index (Phi) is 2.97. The molecule has 3 heterocycles. The van der Waals surface area contributed by atoms with Crippen molar-refractivity contribution in [2.45, 2.75) is 44.7 Å². The van der Waals surface area contributed by atoms with Crippen molar-refractivity contribution in [3.05, 3.63) is 18.1 Å². The van der Waals surface area contributed by atoms with Gasteiger partial charge in [-0.05, 0) is 45.2 Å². The van der Waals surface area contributed by atoms with Crippen molar-refractivity contribution in [1.82, 2.24) is 15.3 Å². The third-order valence-electron chi connectivity index (χ3n) is 3.92. The predicted octanol–water partition coefficient (Wildman–Crippen LogP) is 1.51. The van der Waals surface area contributed by atoms with Crippen molar-refractivity contribution in [3.8, 4) is 0 Å². The van der Waals surface area contributed by atoms with E-state index in [0.29, 0.717) is 12.1 Å². The molecule has 2 saturated heterocycles. The highest BCUT2D eigenvalue weighted by atomic mass is 15.3. The van der Waals surface area contributed by atoms with E-state index >= 15 is 0 Å². The Balaban J connectivity index is 1.81. The van der Waals surface area contributed by atoms with Gasteiger partial charge in [-0.15, -0.1) is 0 Å². The maximum Gasteiger partial charge on any atom is 0.132 e. The van der Waals surface area contributed by atoms with Crippen LogP contribution in [-0.4, -0.2) is 35.1 Å². The van der Waals surface area contributed by atoms with E-state index in [1.54, 1.807) is 0 Å². The van der Waals surface area contributed by atoms with Gasteiger partial charge in [0.05, 0.1) is 0 Å². The van der Waals surface area contributed by atoms with Gasteiger partial charge in [-0.2, -0.15) is 0 Å². The smallest absolute Gasteiger partial charge is 0.132 e. The Bertz CT molecular complexity index is 387. The highest BCUT2D eigenvalue weighted by Gasteiger charge is 2.33. The standard InChI is InChI=1S/C13H20N4/c1-10-14-8-6-13(16-10)17-9-3-5-12(17)11-4-2-7-15-11/h6,8,11-12,15H,2-5,7,9H2,1H3. The largest absolute Gasteiger partial charge is 0.352 e. The van der Waals surface area contributed by atoms with Crippen LogP contribution in [0, 0.1) is 6.92 Å². The molecular weight excluding hydrogens is 212 g/mol. The van der Waals surface area contributed by atoms with Crippen LogP contribution in [0.2, 0.25) is 0 Å². The van der Waals surface area contributed by atoms with E-state index in [2.05, 4.69) is 20.2 Å². The number of rotatable bonds is 2. The molecule has 0 saturated carbocycles. The summed E-state index contributed by atoms with van der Waals surface area (Å²) in [5.74, 6) is 1.97. The monoisotopic (exact) mass is 232 g/mol. The molecule has 4 nitrogen and oxygen atoms in total. The van der Waals surface area contributed by atoms with Gasteiger partial charge < -0.3 is 10.2 Å². The second kappa shape index (κ2) is 4.61. The minimum absolute atomic E-state index is 0.631. The summed E-state index contributed by atoms with van der Waals surface area (Å²) in [4.78, 5) is 11.2. The molecule has 0 amide bonds. The molecule has 0 bridgehead atoms. The van der Waals surface area contributed by atoms with Crippen LogP contribution in [0.4, 0.5) is 5.82 Å². The second-order valence-corrected chi connectivity index (χ2v) is 5.07.